The summed E-state index contributed by atoms with van der Waals surface area (Å²) < 4.78 is 5.63. The van der Waals surface area contributed by atoms with Gasteiger partial charge in [-0.25, -0.2) is 0 Å². The quantitative estimate of drug-likeness (QED) is 0.621. The minimum atomic E-state index is 0.103. The van der Waals surface area contributed by atoms with E-state index in [0.29, 0.717) is 6.61 Å². The molecule has 0 fully saturated rings. The van der Waals surface area contributed by atoms with Crippen molar-refractivity contribution in [3.63, 3.8) is 0 Å². The van der Waals surface area contributed by atoms with E-state index in [2.05, 4.69) is 25.3 Å². The third-order valence-electron chi connectivity index (χ3n) is 1.97. The minimum absolute atomic E-state index is 0.103. The second kappa shape index (κ2) is 6.17. The normalized spacial score (nSPS) is 12.0. The van der Waals surface area contributed by atoms with E-state index in [-0.39, 0.29) is 6.10 Å². The van der Waals surface area contributed by atoms with Crippen molar-refractivity contribution in [3.05, 3.63) is 61.2 Å². The van der Waals surface area contributed by atoms with Crippen LogP contribution in [0.5, 0.6) is 0 Å². The minimum Gasteiger partial charge on any atom is -0.369 e. The molecule has 0 amide bonds. The molecular weight excluding hydrogens is 172 g/mol. The van der Waals surface area contributed by atoms with Gasteiger partial charge in [-0.05, 0) is 12.0 Å². The lowest BCUT2D eigenvalue weighted by atomic mass is 10.1. The Kier molecular flexibility index (Phi) is 4.73. The first-order valence-electron chi connectivity index (χ1n) is 4.76. The van der Waals surface area contributed by atoms with Crippen molar-refractivity contribution in [3.8, 4) is 0 Å². The van der Waals surface area contributed by atoms with E-state index in [0.717, 1.165) is 6.42 Å². The second-order valence-corrected chi connectivity index (χ2v) is 3.05. The van der Waals surface area contributed by atoms with Gasteiger partial charge in [0.1, 0.15) is 0 Å². The van der Waals surface area contributed by atoms with Crippen molar-refractivity contribution in [1.82, 2.24) is 0 Å². The Balaban J connectivity index is 2.66. The third kappa shape index (κ3) is 3.19. The topological polar surface area (TPSA) is 9.23 Å². The highest BCUT2D eigenvalue weighted by molar-refractivity contribution is 5.18. The molecule has 74 valence electrons. The number of ether oxygens (including phenoxy) is 1. The standard InChI is InChI=1S/C13H16O/c1-3-8-13(14-11-4-2)12-9-6-5-7-10-12/h3-7,9-10,13H,1-2,8,11H2. The van der Waals surface area contributed by atoms with Crippen molar-refractivity contribution < 1.29 is 4.74 Å². The molecule has 0 bridgehead atoms. The summed E-state index contributed by atoms with van der Waals surface area (Å²) in [6.45, 7) is 7.94. The lowest BCUT2D eigenvalue weighted by Crippen LogP contribution is -2.03. The van der Waals surface area contributed by atoms with Crippen molar-refractivity contribution in [1.29, 1.82) is 0 Å². The summed E-state index contributed by atoms with van der Waals surface area (Å²) in [6, 6.07) is 10.2. The summed E-state index contributed by atoms with van der Waals surface area (Å²) in [5, 5.41) is 0. The zero-order valence-electron chi connectivity index (χ0n) is 8.36. The highest BCUT2D eigenvalue weighted by Crippen LogP contribution is 2.20. The summed E-state index contributed by atoms with van der Waals surface area (Å²) in [7, 11) is 0. The highest BCUT2D eigenvalue weighted by Gasteiger charge is 2.08. The van der Waals surface area contributed by atoms with Gasteiger partial charge in [-0.3, -0.25) is 0 Å². The molecule has 1 unspecified atom stereocenters. The second-order valence-electron chi connectivity index (χ2n) is 3.05. The number of hydrogen-bond donors (Lipinski definition) is 0. The predicted molar refractivity (Wildman–Crippen MR) is 60.1 cm³/mol. The first kappa shape index (κ1) is 10.7. The number of rotatable bonds is 6. The Morgan fingerprint density at radius 1 is 1.14 bits per heavy atom. The molecule has 0 N–H and O–H groups in total. The Morgan fingerprint density at radius 2 is 1.86 bits per heavy atom. The van der Waals surface area contributed by atoms with Gasteiger partial charge in [0.2, 0.25) is 0 Å². The molecule has 1 rings (SSSR count). The molecule has 14 heavy (non-hydrogen) atoms. The van der Waals surface area contributed by atoms with Crippen LogP contribution in [0.1, 0.15) is 18.1 Å². The number of hydrogen-bond acceptors (Lipinski definition) is 1. The molecule has 0 aliphatic rings. The van der Waals surface area contributed by atoms with Crippen LogP contribution in [0.15, 0.2) is 55.6 Å². The average Bonchev–Trinajstić information content (AvgIpc) is 2.25. The monoisotopic (exact) mass is 188 g/mol. The van der Waals surface area contributed by atoms with Gasteiger partial charge in [-0.2, -0.15) is 0 Å². The molecule has 1 atom stereocenters. The van der Waals surface area contributed by atoms with Gasteiger partial charge in [-0.1, -0.05) is 42.5 Å². The summed E-state index contributed by atoms with van der Waals surface area (Å²) >= 11 is 0. The summed E-state index contributed by atoms with van der Waals surface area (Å²) in [5.41, 5.74) is 1.19. The van der Waals surface area contributed by atoms with Crippen LogP contribution in [0.4, 0.5) is 0 Å². The van der Waals surface area contributed by atoms with Gasteiger partial charge in [0, 0.05) is 0 Å². The molecule has 0 aliphatic heterocycles. The Hall–Kier alpha value is -1.34. The molecule has 1 aromatic carbocycles. The predicted octanol–water partition coefficient (Wildman–Crippen LogP) is 3.51. The van der Waals surface area contributed by atoms with Gasteiger partial charge >= 0.3 is 0 Å². The Bertz CT molecular complexity index is 277. The van der Waals surface area contributed by atoms with E-state index in [1.165, 1.54) is 5.56 Å². The largest absolute Gasteiger partial charge is 0.369 e. The lowest BCUT2D eigenvalue weighted by Gasteiger charge is -2.15. The smallest absolute Gasteiger partial charge is 0.0863 e. The van der Waals surface area contributed by atoms with Gasteiger partial charge in [0.25, 0.3) is 0 Å². The van der Waals surface area contributed by atoms with Crippen LogP contribution >= 0.6 is 0 Å². The van der Waals surface area contributed by atoms with Crippen LogP contribution in [0.25, 0.3) is 0 Å². The molecule has 1 aromatic rings. The summed E-state index contributed by atoms with van der Waals surface area (Å²) in [6.07, 6.45) is 4.57. The highest BCUT2D eigenvalue weighted by atomic mass is 16.5. The zero-order valence-corrected chi connectivity index (χ0v) is 8.36. The van der Waals surface area contributed by atoms with Crippen LogP contribution in [-0.4, -0.2) is 6.61 Å². The van der Waals surface area contributed by atoms with Gasteiger partial charge in [0.15, 0.2) is 0 Å². The van der Waals surface area contributed by atoms with Crippen molar-refractivity contribution in [2.45, 2.75) is 12.5 Å². The van der Waals surface area contributed by atoms with Crippen molar-refractivity contribution >= 4 is 0 Å². The van der Waals surface area contributed by atoms with Gasteiger partial charge in [-0.15, -0.1) is 13.2 Å². The van der Waals surface area contributed by atoms with Crippen LogP contribution in [0.2, 0.25) is 0 Å². The Morgan fingerprint density at radius 3 is 2.43 bits per heavy atom. The molecule has 0 spiro atoms. The van der Waals surface area contributed by atoms with E-state index >= 15 is 0 Å². The molecule has 1 nitrogen and oxygen atoms in total. The molecule has 0 radical (unpaired) electrons. The zero-order chi connectivity index (χ0) is 10.2. The lowest BCUT2D eigenvalue weighted by molar-refractivity contribution is 0.0766. The van der Waals surface area contributed by atoms with Crippen LogP contribution in [0.3, 0.4) is 0 Å². The molecule has 0 saturated heterocycles. The fourth-order valence-electron chi connectivity index (χ4n) is 1.30. The third-order valence-corrected chi connectivity index (χ3v) is 1.97. The van der Waals surface area contributed by atoms with E-state index in [1.54, 1.807) is 6.08 Å². The fourth-order valence-corrected chi connectivity index (χ4v) is 1.30. The van der Waals surface area contributed by atoms with E-state index in [1.807, 2.05) is 24.3 Å². The maximum absolute atomic E-state index is 5.63. The molecule has 0 heterocycles. The molecule has 0 aliphatic carbocycles. The van der Waals surface area contributed by atoms with Crippen molar-refractivity contribution in [2.75, 3.05) is 6.61 Å². The maximum atomic E-state index is 5.63. The summed E-state index contributed by atoms with van der Waals surface area (Å²) in [5.74, 6) is 0. The Labute approximate surface area is 85.7 Å². The average molecular weight is 188 g/mol. The molecular formula is C13H16O. The van der Waals surface area contributed by atoms with Crippen LogP contribution in [0, 0.1) is 0 Å². The molecule has 1 heteroatoms. The first-order valence-corrected chi connectivity index (χ1v) is 4.76. The van der Waals surface area contributed by atoms with E-state index < -0.39 is 0 Å². The molecule has 0 saturated carbocycles. The summed E-state index contributed by atoms with van der Waals surface area (Å²) in [4.78, 5) is 0. The van der Waals surface area contributed by atoms with Crippen LogP contribution < -0.4 is 0 Å². The van der Waals surface area contributed by atoms with Crippen molar-refractivity contribution in [2.24, 2.45) is 0 Å². The van der Waals surface area contributed by atoms with Gasteiger partial charge in [0.05, 0.1) is 12.7 Å². The van der Waals surface area contributed by atoms with Gasteiger partial charge < -0.3 is 4.74 Å². The molecule has 0 aromatic heterocycles. The fraction of sp³-hybridized carbons (Fsp3) is 0.231. The van der Waals surface area contributed by atoms with E-state index in [4.69, 9.17) is 4.74 Å². The SMILES string of the molecule is C=CCOC(CC=C)c1ccccc1. The number of benzene rings is 1. The van der Waals surface area contributed by atoms with E-state index in [9.17, 15) is 0 Å². The maximum Gasteiger partial charge on any atom is 0.0863 e. The van der Waals surface area contributed by atoms with Crippen LogP contribution in [-0.2, 0) is 4.74 Å². The first-order chi connectivity index (χ1) is 6.88.